The van der Waals surface area contributed by atoms with E-state index >= 15 is 0 Å². The number of hydrogen-bond donors (Lipinski definition) is 1. The van der Waals surface area contributed by atoms with E-state index in [1.54, 1.807) is 17.1 Å². The third-order valence-electron chi connectivity index (χ3n) is 2.77. The lowest BCUT2D eigenvalue weighted by molar-refractivity contribution is 0.473. The highest BCUT2D eigenvalue weighted by Crippen LogP contribution is 2.15. The van der Waals surface area contributed by atoms with Gasteiger partial charge in [0.15, 0.2) is 11.6 Å². The predicted octanol–water partition coefficient (Wildman–Crippen LogP) is 1.66. The van der Waals surface area contributed by atoms with Crippen molar-refractivity contribution in [3.8, 4) is 0 Å². The van der Waals surface area contributed by atoms with Crippen molar-refractivity contribution in [1.82, 2.24) is 15.0 Å². The van der Waals surface area contributed by atoms with Crippen LogP contribution in [0, 0.1) is 17.5 Å². The van der Waals surface area contributed by atoms with Crippen LogP contribution in [0.15, 0.2) is 24.5 Å². The van der Waals surface area contributed by atoms with Crippen LogP contribution in [0.5, 0.6) is 0 Å². The number of benzene rings is 1. The fraction of sp³-hybridized carbons (Fsp3) is 0.333. The Morgan fingerprint density at radius 2 is 1.89 bits per heavy atom. The number of halogens is 3. The van der Waals surface area contributed by atoms with Gasteiger partial charge in [0.1, 0.15) is 5.82 Å². The van der Waals surface area contributed by atoms with Crippen LogP contribution < -0.4 is 5.73 Å². The minimum absolute atomic E-state index is 0.0741. The number of rotatable bonds is 5. The SMILES string of the molecule is N[C@@H](CCn1ccnn1)Cc1cc(F)c(F)cc1F. The van der Waals surface area contributed by atoms with E-state index in [-0.39, 0.29) is 18.0 Å². The zero-order valence-corrected chi connectivity index (χ0v) is 10.1. The molecule has 19 heavy (non-hydrogen) atoms. The minimum atomic E-state index is -1.20. The Morgan fingerprint density at radius 1 is 1.16 bits per heavy atom. The molecule has 0 aliphatic heterocycles. The average molecular weight is 270 g/mol. The molecule has 0 bridgehead atoms. The second-order valence-electron chi connectivity index (χ2n) is 4.28. The van der Waals surface area contributed by atoms with Crippen molar-refractivity contribution in [1.29, 1.82) is 0 Å². The molecule has 2 N–H and O–H groups in total. The second kappa shape index (κ2) is 5.83. The summed E-state index contributed by atoms with van der Waals surface area (Å²) in [7, 11) is 0. The van der Waals surface area contributed by atoms with Gasteiger partial charge in [-0.2, -0.15) is 0 Å². The minimum Gasteiger partial charge on any atom is -0.327 e. The van der Waals surface area contributed by atoms with Gasteiger partial charge in [-0.3, -0.25) is 4.68 Å². The van der Waals surface area contributed by atoms with Crippen LogP contribution in [-0.2, 0) is 13.0 Å². The van der Waals surface area contributed by atoms with E-state index in [2.05, 4.69) is 10.3 Å². The normalized spacial score (nSPS) is 12.6. The van der Waals surface area contributed by atoms with Crippen molar-refractivity contribution in [3.05, 3.63) is 47.5 Å². The molecule has 4 nitrogen and oxygen atoms in total. The first kappa shape index (κ1) is 13.5. The van der Waals surface area contributed by atoms with E-state index in [1.807, 2.05) is 0 Å². The molecule has 1 atom stereocenters. The van der Waals surface area contributed by atoms with Gasteiger partial charge in [0.05, 0.1) is 6.20 Å². The van der Waals surface area contributed by atoms with E-state index in [9.17, 15) is 13.2 Å². The quantitative estimate of drug-likeness (QED) is 0.841. The number of aromatic nitrogens is 3. The lowest BCUT2D eigenvalue weighted by Crippen LogP contribution is -2.25. The van der Waals surface area contributed by atoms with E-state index in [0.717, 1.165) is 6.07 Å². The molecule has 0 saturated heterocycles. The zero-order valence-electron chi connectivity index (χ0n) is 10.1. The third kappa shape index (κ3) is 3.54. The van der Waals surface area contributed by atoms with Crippen LogP contribution in [0.2, 0.25) is 0 Å². The topological polar surface area (TPSA) is 56.7 Å². The first-order valence-electron chi connectivity index (χ1n) is 5.79. The molecule has 2 aromatic rings. The molecular formula is C12H13F3N4. The molecular weight excluding hydrogens is 257 g/mol. The van der Waals surface area contributed by atoms with Crippen molar-refractivity contribution < 1.29 is 13.2 Å². The summed E-state index contributed by atoms with van der Waals surface area (Å²) in [4.78, 5) is 0. The van der Waals surface area contributed by atoms with Crippen LogP contribution in [0.25, 0.3) is 0 Å². The van der Waals surface area contributed by atoms with E-state index < -0.39 is 17.5 Å². The molecule has 0 spiro atoms. The predicted molar refractivity (Wildman–Crippen MR) is 62.6 cm³/mol. The molecule has 0 radical (unpaired) electrons. The van der Waals surface area contributed by atoms with Crippen molar-refractivity contribution in [2.75, 3.05) is 0 Å². The van der Waals surface area contributed by atoms with Crippen molar-refractivity contribution in [2.45, 2.75) is 25.4 Å². The molecule has 0 saturated carbocycles. The first-order chi connectivity index (χ1) is 9.06. The summed E-state index contributed by atoms with van der Waals surface area (Å²) in [6.45, 7) is 0.534. The summed E-state index contributed by atoms with van der Waals surface area (Å²) >= 11 is 0. The molecule has 7 heteroatoms. The van der Waals surface area contributed by atoms with Crippen LogP contribution in [-0.4, -0.2) is 21.0 Å². The average Bonchev–Trinajstić information content (AvgIpc) is 2.86. The molecule has 1 heterocycles. The highest BCUT2D eigenvalue weighted by atomic mass is 19.2. The highest BCUT2D eigenvalue weighted by Gasteiger charge is 2.13. The summed E-state index contributed by atoms with van der Waals surface area (Å²) in [5, 5.41) is 7.41. The molecule has 2 rings (SSSR count). The fourth-order valence-electron chi connectivity index (χ4n) is 1.75. The van der Waals surface area contributed by atoms with Crippen molar-refractivity contribution in [3.63, 3.8) is 0 Å². The van der Waals surface area contributed by atoms with Crippen molar-refractivity contribution >= 4 is 0 Å². The maximum absolute atomic E-state index is 13.4. The Balaban J connectivity index is 1.95. The monoisotopic (exact) mass is 270 g/mol. The van der Waals surface area contributed by atoms with Gasteiger partial charge in [0, 0.05) is 24.8 Å². The molecule has 1 aromatic heterocycles. The zero-order chi connectivity index (χ0) is 13.8. The van der Waals surface area contributed by atoms with Gasteiger partial charge in [-0.1, -0.05) is 5.21 Å². The summed E-state index contributed by atoms with van der Waals surface area (Å²) < 4.78 is 40.8. The highest BCUT2D eigenvalue weighted by molar-refractivity contribution is 5.21. The molecule has 0 aliphatic carbocycles. The summed E-state index contributed by atoms with van der Waals surface area (Å²) in [6, 6.07) is 1.01. The van der Waals surface area contributed by atoms with Crippen LogP contribution in [0.1, 0.15) is 12.0 Å². The van der Waals surface area contributed by atoms with Gasteiger partial charge in [-0.15, -0.1) is 5.10 Å². The smallest absolute Gasteiger partial charge is 0.161 e. The van der Waals surface area contributed by atoms with Gasteiger partial charge in [0.25, 0.3) is 0 Å². The standard InChI is InChI=1S/C12H13F3N4/c13-10-7-12(15)11(14)6-8(10)5-9(16)1-3-19-4-2-17-18-19/h2,4,6-7,9H,1,3,5,16H2/t9-/m0/s1. The Morgan fingerprint density at radius 3 is 2.58 bits per heavy atom. The van der Waals surface area contributed by atoms with Gasteiger partial charge < -0.3 is 5.73 Å². The molecule has 102 valence electrons. The van der Waals surface area contributed by atoms with Gasteiger partial charge in [-0.05, 0) is 24.5 Å². The summed E-state index contributed by atoms with van der Waals surface area (Å²) in [5.41, 5.74) is 5.91. The lowest BCUT2D eigenvalue weighted by atomic mass is 10.0. The summed E-state index contributed by atoms with van der Waals surface area (Å²) in [6.07, 6.45) is 3.89. The van der Waals surface area contributed by atoms with E-state index in [4.69, 9.17) is 5.73 Å². The maximum Gasteiger partial charge on any atom is 0.161 e. The molecule has 0 aliphatic rings. The second-order valence-corrected chi connectivity index (χ2v) is 4.28. The number of hydrogen-bond acceptors (Lipinski definition) is 3. The first-order valence-corrected chi connectivity index (χ1v) is 5.79. The third-order valence-corrected chi connectivity index (χ3v) is 2.77. The van der Waals surface area contributed by atoms with Crippen molar-refractivity contribution in [2.24, 2.45) is 5.73 Å². The molecule has 0 fully saturated rings. The van der Waals surface area contributed by atoms with Gasteiger partial charge in [0.2, 0.25) is 0 Å². The number of aryl methyl sites for hydroxylation is 1. The lowest BCUT2D eigenvalue weighted by Gasteiger charge is -2.12. The molecule has 1 aromatic carbocycles. The van der Waals surface area contributed by atoms with Gasteiger partial charge in [-0.25, -0.2) is 13.2 Å². The van der Waals surface area contributed by atoms with E-state index in [0.29, 0.717) is 19.0 Å². The summed E-state index contributed by atoms with van der Waals surface area (Å²) in [5.74, 6) is -3.05. The van der Waals surface area contributed by atoms with Crippen LogP contribution in [0.4, 0.5) is 13.2 Å². The molecule has 0 unspecified atom stereocenters. The Kier molecular flexibility index (Phi) is 4.16. The largest absolute Gasteiger partial charge is 0.327 e. The Hall–Kier alpha value is -1.89. The Labute approximate surface area is 108 Å². The van der Waals surface area contributed by atoms with Crippen LogP contribution >= 0.6 is 0 Å². The maximum atomic E-state index is 13.4. The number of nitrogens with two attached hydrogens (primary N) is 1. The van der Waals surface area contributed by atoms with Gasteiger partial charge >= 0.3 is 0 Å². The van der Waals surface area contributed by atoms with E-state index in [1.165, 1.54) is 0 Å². The Bertz CT molecular complexity index is 542. The molecule has 0 amide bonds. The van der Waals surface area contributed by atoms with Crippen LogP contribution in [0.3, 0.4) is 0 Å². The fourth-order valence-corrected chi connectivity index (χ4v) is 1.75. The number of nitrogens with zero attached hydrogens (tertiary/aromatic N) is 3.